The van der Waals surface area contributed by atoms with Crippen LogP contribution in [-0.4, -0.2) is 6.61 Å². The predicted octanol–water partition coefficient (Wildman–Crippen LogP) is 2.01. The minimum atomic E-state index is -0.241. The third-order valence-corrected chi connectivity index (χ3v) is 2.83. The van der Waals surface area contributed by atoms with E-state index in [9.17, 15) is 5.11 Å². The van der Waals surface area contributed by atoms with Crippen LogP contribution in [0.2, 0.25) is 0 Å². The lowest BCUT2D eigenvalue weighted by atomic mass is 10.2. The Morgan fingerprint density at radius 2 is 2.13 bits per heavy atom. The summed E-state index contributed by atoms with van der Waals surface area (Å²) < 4.78 is 5.13. The Balaban J connectivity index is 1.81. The van der Waals surface area contributed by atoms with E-state index >= 15 is 0 Å². The Hall–Kier alpha value is -1.48. The SMILES string of the molecule is [O-]C(OCCc1ccsc1)=C1C=CC=C1. The Morgan fingerprint density at radius 1 is 1.33 bits per heavy atom. The molecule has 1 aliphatic rings. The van der Waals surface area contributed by atoms with E-state index in [0.29, 0.717) is 12.2 Å². The van der Waals surface area contributed by atoms with Crippen LogP contribution in [0.1, 0.15) is 5.56 Å². The average Bonchev–Trinajstić information content (AvgIpc) is 2.90. The van der Waals surface area contributed by atoms with Crippen LogP contribution in [0, 0.1) is 0 Å². The van der Waals surface area contributed by atoms with E-state index in [0.717, 1.165) is 6.42 Å². The maximum atomic E-state index is 11.4. The number of allylic oxidation sites excluding steroid dienone is 5. The van der Waals surface area contributed by atoms with E-state index in [2.05, 4.69) is 5.38 Å². The van der Waals surface area contributed by atoms with Crippen molar-refractivity contribution in [3.8, 4) is 0 Å². The summed E-state index contributed by atoms with van der Waals surface area (Å²) in [4.78, 5) is 0. The maximum absolute atomic E-state index is 11.4. The number of thiophene rings is 1. The highest BCUT2D eigenvalue weighted by molar-refractivity contribution is 7.07. The zero-order valence-electron chi connectivity index (χ0n) is 8.18. The molecule has 0 aliphatic heterocycles. The molecule has 0 N–H and O–H groups in total. The van der Waals surface area contributed by atoms with Crippen LogP contribution in [0.5, 0.6) is 0 Å². The molecule has 2 rings (SSSR count). The van der Waals surface area contributed by atoms with Gasteiger partial charge in [0.15, 0.2) is 0 Å². The van der Waals surface area contributed by atoms with Gasteiger partial charge in [0.1, 0.15) is 0 Å². The third-order valence-electron chi connectivity index (χ3n) is 2.10. The zero-order chi connectivity index (χ0) is 10.5. The summed E-state index contributed by atoms with van der Waals surface area (Å²) in [5.41, 5.74) is 1.84. The highest BCUT2D eigenvalue weighted by Crippen LogP contribution is 2.11. The zero-order valence-corrected chi connectivity index (χ0v) is 9.00. The molecule has 0 aromatic carbocycles. The molecule has 1 aliphatic carbocycles. The summed E-state index contributed by atoms with van der Waals surface area (Å²) in [5.74, 6) is -0.241. The Labute approximate surface area is 92.8 Å². The molecule has 1 heterocycles. The maximum Gasteiger partial charge on any atom is 0.0587 e. The van der Waals surface area contributed by atoms with Gasteiger partial charge in [0, 0.05) is 0 Å². The van der Waals surface area contributed by atoms with Gasteiger partial charge in [0.25, 0.3) is 0 Å². The lowest BCUT2D eigenvalue weighted by molar-refractivity contribution is -0.358. The van der Waals surface area contributed by atoms with Crippen molar-refractivity contribution in [2.75, 3.05) is 6.61 Å². The Kier molecular flexibility index (Phi) is 3.25. The molecule has 78 valence electrons. The van der Waals surface area contributed by atoms with Crippen LogP contribution in [0.25, 0.3) is 0 Å². The van der Waals surface area contributed by atoms with E-state index in [4.69, 9.17) is 4.74 Å². The normalized spacial score (nSPS) is 13.5. The van der Waals surface area contributed by atoms with Gasteiger partial charge in [-0.15, -0.1) is 0 Å². The first-order valence-corrected chi connectivity index (χ1v) is 5.70. The summed E-state index contributed by atoms with van der Waals surface area (Å²) in [6.45, 7) is 0.445. The van der Waals surface area contributed by atoms with Crippen molar-refractivity contribution < 1.29 is 9.84 Å². The lowest BCUT2D eigenvalue weighted by Crippen LogP contribution is -2.11. The minimum absolute atomic E-state index is 0.241. The quantitative estimate of drug-likeness (QED) is 0.725. The van der Waals surface area contributed by atoms with Gasteiger partial charge in [0.2, 0.25) is 0 Å². The summed E-state index contributed by atoms with van der Waals surface area (Å²) in [7, 11) is 0. The van der Waals surface area contributed by atoms with E-state index in [1.807, 2.05) is 23.6 Å². The van der Waals surface area contributed by atoms with E-state index in [-0.39, 0.29) is 5.95 Å². The Bertz CT molecular complexity index is 385. The Morgan fingerprint density at radius 3 is 2.80 bits per heavy atom. The fraction of sp³-hybridized carbons (Fsp3) is 0.167. The van der Waals surface area contributed by atoms with Crippen molar-refractivity contribution in [2.45, 2.75) is 6.42 Å². The first-order valence-electron chi connectivity index (χ1n) is 4.76. The molecule has 0 atom stereocenters. The van der Waals surface area contributed by atoms with E-state index < -0.39 is 0 Å². The van der Waals surface area contributed by atoms with E-state index in [1.54, 1.807) is 23.5 Å². The monoisotopic (exact) mass is 219 g/mol. The fourth-order valence-corrected chi connectivity index (χ4v) is 1.99. The second-order valence-electron chi connectivity index (χ2n) is 3.19. The molecule has 1 aromatic heterocycles. The second-order valence-corrected chi connectivity index (χ2v) is 3.97. The summed E-state index contributed by atoms with van der Waals surface area (Å²) in [6, 6.07) is 2.04. The fourth-order valence-electron chi connectivity index (χ4n) is 1.29. The molecule has 0 fully saturated rings. The summed E-state index contributed by atoms with van der Waals surface area (Å²) >= 11 is 1.66. The van der Waals surface area contributed by atoms with Gasteiger partial charge in [0.05, 0.1) is 5.95 Å². The van der Waals surface area contributed by atoms with Gasteiger partial charge in [-0.05, 0) is 41.0 Å². The molecule has 0 saturated carbocycles. The average molecular weight is 219 g/mol. The molecule has 1 aromatic rings. The lowest BCUT2D eigenvalue weighted by Gasteiger charge is -2.16. The molecule has 0 spiro atoms. The number of hydrogen-bond donors (Lipinski definition) is 0. The smallest absolute Gasteiger partial charge is 0.0587 e. The number of hydrogen-bond acceptors (Lipinski definition) is 3. The van der Waals surface area contributed by atoms with Crippen molar-refractivity contribution in [3.63, 3.8) is 0 Å². The van der Waals surface area contributed by atoms with Gasteiger partial charge in [-0.2, -0.15) is 11.3 Å². The van der Waals surface area contributed by atoms with Gasteiger partial charge in [-0.1, -0.05) is 24.3 Å². The van der Waals surface area contributed by atoms with Crippen molar-refractivity contribution in [3.05, 3.63) is 58.2 Å². The molecule has 15 heavy (non-hydrogen) atoms. The highest BCUT2D eigenvalue weighted by atomic mass is 32.1. The van der Waals surface area contributed by atoms with E-state index in [1.165, 1.54) is 5.56 Å². The van der Waals surface area contributed by atoms with Crippen LogP contribution in [0.3, 0.4) is 0 Å². The molecular formula is C12H11O2S-. The second kappa shape index (κ2) is 4.84. The molecule has 0 bridgehead atoms. The highest BCUT2D eigenvalue weighted by Gasteiger charge is 1.95. The first kappa shape index (κ1) is 10.1. The summed E-state index contributed by atoms with van der Waals surface area (Å²) in [6.07, 6.45) is 7.96. The van der Waals surface area contributed by atoms with Gasteiger partial charge >= 0.3 is 0 Å². The molecule has 3 heteroatoms. The molecule has 2 nitrogen and oxygen atoms in total. The van der Waals surface area contributed by atoms with Crippen molar-refractivity contribution in [2.24, 2.45) is 0 Å². The van der Waals surface area contributed by atoms with Crippen molar-refractivity contribution >= 4 is 11.3 Å². The van der Waals surface area contributed by atoms with Crippen LogP contribution in [0.4, 0.5) is 0 Å². The molecule has 0 radical (unpaired) electrons. The number of ether oxygens (including phenoxy) is 1. The van der Waals surface area contributed by atoms with Crippen LogP contribution in [0.15, 0.2) is 52.6 Å². The third kappa shape index (κ3) is 2.73. The molecule has 0 amide bonds. The minimum Gasteiger partial charge on any atom is -0.613 e. The predicted molar refractivity (Wildman–Crippen MR) is 59.3 cm³/mol. The summed E-state index contributed by atoms with van der Waals surface area (Å²) in [5, 5.41) is 15.5. The molecular weight excluding hydrogens is 208 g/mol. The molecule has 0 unspecified atom stereocenters. The topological polar surface area (TPSA) is 32.3 Å². The van der Waals surface area contributed by atoms with Gasteiger partial charge in [-0.25, -0.2) is 0 Å². The largest absolute Gasteiger partial charge is 0.613 e. The van der Waals surface area contributed by atoms with Crippen LogP contribution >= 0.6 is 11.3 Å². The van der Waals surface area contributed by atoms with Gasteiger partial charge in [-0.3, -0.25) is 0 Å². The number of rotatable bonds is 4. The molecule has 0 saturated heterocycles. The van der Waals surface area contributed by atoms with Gasteiger partial charge < -0.3 is 9.84 Å². The van der Waals surface area contributed by atoms with Crippen LogP contribution in [-0.2, 0) is 11.2 Å². The first-order chi connectivity index (χ1) is 7.36. The standard InChI is InChI=1S/C12H12O2S/c13-12(11-3-1-2-4-11)14-7-5-10-6-8-15-9-10/h1-4,6,8-9,13H,5,7H2/p-1. The van der Waals surface area contributed by atoms with Crippen LogP contribution < -0.4 is 5.11 Å². The van der Waals surface area contributed by atoms with Crippen molar-refractivity contribution in [1.29, 1.82) is 0 Å². The van der Waals surface area contributed by atoms with Crippen molar-refractivity contribution in [1.82, 2.24) is 0 Å².